The number of aliphatic hydroxyl groups excluding tert-OH is 1. The van der Waals surface area contributed by atoms with Crippen molar-refractivity contribution >= 4 is 17.7 Å². The van der Waals surface area contributed by atoms with Crippen LogP contribution in [0.3, 0.4) is 0 Å². The molecule has 0 bridgehead atoms. The van der Waals surface area contributed by atoms with E-state index in [0.29, 0.717) is 18.5 Å². The highest BCUT2D eigenvalue weighted by Crippen LogP contribution is 2.36. The molecule has 0 saturated carbocycles. The first kappa shape index (κ1) is 14.2. The van der Waals surface area contributed by atoms with Gasteiger partial charge in [0.1, 0.15) is 0 Å². The lowest BCUT2D eigenvalue weighted by Gasteiger charge is -2.15. The van der Waals surface area contributed by atoms with Gasteiger partial charge in [-0.05, 0) is 42.4 Å². The maximum Gasteiger partial charge on any atom is 0.446 e. The number of halogens is 3. The van der Waals surface area contributed by atoms with Crippen molar-refractivity contribution in [1.29, 1.82) is 0 Å². The van der Waals surface area contributed by atoms with Crippen molar-refractivity contribution in [3.05, 3.63) is 29.8 Å². The monoisotopic (exact) mass is 291 g/mol. The third-order valence-corrected chi connectivity index (χ3v) is 3.52. The fraction of sp³-hybridized carbons (Fsp3) is 0.417. The van der Waals surface area contributed by atoms with Gasteiger partial charge in [-0.25, -0.2) is 0 Å². The lowest BCUT2D eigenvalue weighted by molar-refractivity contribution is -0.0328. The standard InChI is InChI=1S/C12H12F3NO2S/c13-12(14,15)19-10-3-1-8(2-4-10)11(18)16-6-5-9(17)7-16/h1-4,9,17H,5-7H2. The largest absolute Gasteiger partial charge is 0.446 e. The number of carbonyl (C=O) groups is 1. The van der Waals surface area contributed by atoms with Gasteiger partial charge in [0, 0.05) is 23.5 Å². The minimum absolute atomic E-state index is 0.0468. The topological polar surface area (TPSA) is 40.5 Å². The quantitative estimate of drug-likeness (QED) is 0.851. The SMILES string of the molecule is O=C(c1ccc(SC(F)(F)F)cc1)N1CCC(O)C1. The van der Waals surface area contributed by atoms with E-state index in [4.69, 9.17) is 0 Å². The third-order valence-electron chi connectivity index (χ3n) is 2.79. The number of alkyl halides is 3. The molecule has 1 amide bonds. The first-order valence-corrected chi connectivity index (χ1v) is 6.50. The predicted octanol–water partition coefficient (Wildman–Crippen LogP) is 2.51. The third kappa shape index (κ3) is 3.87. The Balaban J connectivity index is 2.04. The van der Waals surface area contributed by atoms with Crippen molar-refractivity contribution in [2.45, 2.75) is 22.9 Å². The van der Waals surface area contributed by atoms with Crippen LogP contribution in [0, 0.1) is 0 Å². The van der Waals surface area contributed by atoms with Crippen LogP contribution in [-0.2, 0) is 0 Å². The lowest BCUT2D eigenvalue weighted by atomic mass is 10.2. The molecule has 1 aromatic rings. The minimum atomic E-state index is -4.33. The van der Waals surface area contributed by atoms with Crippen molar-refractivity contribution < 1.29 is 23.1 Å². The Morgan fingerprint density at radius 1 is 1.32 bits per heavy atom. The predicted molar refractivity (Wildman–Crippen MR) is 64.9 cm³/mol. The lowest BCUT2D eigenvalue weighted by Crippen LogP contribution is -2.29. The van der Waals surface area contributed by atoms with Crippen LogP contribution in [0.25, 0.3) is 0 Å². The summed E-state index contributed by atoms with van der Waals surface area (Å²) in [4.78, 5) is 13.5. The molecule has 0 spiro atoms. The molecule has 1 N–H and O–H groups in total. The van der Waals surface area contributed by atoms with E-state index in [0.717, 1.165) is 0 Å². The highest BCUT2D eigenvalue weighted by molar-refractivity contribution is 8.00. The minimum Gasteiger partial charge on any atom is -0.391 e. The molecule has 1 aliphatic heterocycles. The van der Waals surface area contributed by atoms with E-state index in [1.807, 2.05) is 0 Å². The number of hydrogen-bond acceptors (Lipinski definition) is 3. The van der Waals surface area contributed by atoms with Crippen LogP contribution in [-0.4, -0.2) is 40.6 Å². The summed E-state index contributed by atoms with van der Waals surface area (Å²) in [5.41, 5.74) is -3.99. The van der Waals surface area contributed by atoms with Gasteiger partial charge < -0.3 is 10.0 Å². The van der Waals surface area contributed by atoms with Gasteiger partial charge >= 0.3 is 5.51 Å². The smallest absolute Gasteiger partial charge is 0.391 e. The summed E-state index contributed by atoms with van der Waals surface area (Å²) in [6.07, 6.45) is 0.0253. The van der Waals surface area contributed by atoms with Crippen LogP contribution in [0.1, 0.15) is 16.8 Å². The van der Waals surface area contributed by atoms with Crippen LogP contribution in [0.5, 0.6) is 0 Å². The number of β-amino-alcohol motifs (C(OH)–C–C–N with tert-alkyl or cyclic N) is 1. The highest BCUT2D eigenvalue weighted by atomic mass is 32.2. The fourth-order valence-corrected chi connectivity index (χ4v) is 2.45. The van der Waals surface area contributed by atoms with Crippen LogP contribution < -0.4 is 0 Å². The summed E-state index contributed by atoms with van der Waals surface area (Å²) in [6.45, 7) is 0.747. The van der Waals surface area contributed by atoms with E-state index < -0.39 is 11.6 Å². The second kappa shape index (κ2) is 5.42. The summed E-state index contributed by atoms with van der Waals surface area (Å²) in [6, 6.07) is 5.30. The molecule has 1 aromatic carbocycles. The Morgan fingerprint density at radius 2 is 1.95 bits per heavy atom. The maximum absolute atomic E-state index is 12.1. The number of nitrogens with zero attached hydrogens (tertiary/aromatic N) is 1. The van der Waals surface area contributed by atoms with Gasteiger partial charge in [-0.15, -0.1) is 0 Å². The number of hydrogen-bond donors (Lipinski definition) is 1. The Bertz CT molecular complexity index is 461. The number of rotatable bonds is 2. The average molecular weight is 291 g/mol. The zero-order valence-electron chi connectivity index (χ0n) is 9.85. The molecule has 0 aliphatic carbocycles. The number of likely N-dealkylation sites (tertiary alicyclic amines) is 1. The van der Waals surface area contributed by atoms with Gasteiger partial charge in [0.05, 0.1) is 6.10 Å². The summed E-state index contributed by atoms with van der Waals surface area (Å²) < 4.78 is 36.4. The van der Waals surface area contributed by atoms with Gasteiger partial charge in [0.2, 0.25) is 0 Å². The van der Waals surface area contributed by atoms with Gasteiger partial charge in [-0.3, -0.25) is 4.79 Å². The van der Waals surface area contributed by atoms with E-state index in [-0.39, 0.29) is 29.1 Å². The van der Waals surface area contributed by atoms with Crippen LogP contribution in [0.2, 0.25) is 0 Å². The van der Waals surface area contributed by atoms with E-state index in [2.05, 4.69) is 0 Å². The van der Waals surface area contributed by atoms with Gasteiger partial charge in [0.25, 0.3) is 5.91 Å². The normalized spacial score (nSPS) is 19.8. The summed E-state index contributed by atoms with van der Waals surface area (Å²) in [5, 5.41) is 9.34. The Labute approximate surface area is 112 Å². The molecule has 0 aromatic heterocycles. The molecule has 1 heterocycles. The molecule has 2 rings (SSSR count). The molecule has 1 aliphatic rings. The molecule has 1 atom stereocenters. The van der Waals surface area contributed by atoms with Crippen molar-refractivity contribution in [3.8, 4) is 0 Å². The molecule has 1 unspecified atom stereocenters. The molecule has 1 saturated heterocycles. The summed E-state index contributed by atoms with van der Waals surface area (Å²) >= 11 is -0.211. The maximum atomic E-state index is 12.1. The first-order valence-electron chi connectivity index (χ1n) is 5.68. The van der Waals surface area contributed by atoms with Crippen molar-refractivity contribution in [3.63, 3.8) is 0 Å². The molecule has 104 valence electrons. The second-order valence-corrected chi connectivity index (χ2v) is 5.40. The van der Waals surface area contributed by atoms with E-state index in [1.165, 1.54) is 29.2 Å². The highest BCUT2D eigenvalue weighted by Gasteiger charge is 2.29. The number of benzene rings is 1. The van der Waals surface area contributed by atoms with Gasteiger partial charge in [0.15, 0.2) is 0 Å². The number of carbonyl (C=O) groups excluding carboxylic acids is 1. The van der Waals surface area contributed by atoms with Crippen molar-refractivity contribution in [2.24, 2.45) is 0 Å². The molecular formula is C12H12F3NO2S. The van der Waals surface area contributed by atoms with Crippen molar-refractivity contribution in [1.82, 2.24) is 4.90 Å². The Morgan fingerprint density at radius 3 is 2.42 bits per heavy atom. The van der Waals surface area contributed by atoms with Crippen LogP contribution in [0.15, 0.2) is 29.2 Å². The summed E-state index contributed by atoms with van der Waals surface area (Å²) in [7, 11) is 0. The Hall–Kier alpha value is -1.21. The van der Waals surface area contributed by atoms with E-state index in [9.17, 15) is 23.1 Å². The van der Waals surface area contributed by atoms with Crippen LogP contribution in [0.4, 0.5) is 13.2 Å². The second-order valence-electron chi connectivity index (χ2n) is 4.27. The first-order chi connectivity index (χ1) is 8.85. The van der Waals surface area contributed by atoms with Crippen molar-refractivity contribution in [2.75, 3.05) is 13.1 Å². The van der Waals surface area contributed by atoms with E-state index >= 15 is 0 Å². The molecular weight excluding hydrogens is 279 g/mol. The average Bonchev–Trinajstić information content (AvgIpc) is 2.74. The molecule has 7 heteroatoms. The fourth-order valence-electron chi connectivity index (χ4n) is 1.91. The zero-order valence-corrected chi connectivity index (χ0v) is 10.7. The van der Waals surface area contributed by atoms with E-state index in [1.54, 1.807) is 0 Å². The number of amides is 1. The molecule has 0 radical (unpaired) electrons. The number of aliphatic hydroxyl groups is 1. The molecule has 3 nitrogen and oxygen atoms in total. The zero-order chi connectivity index (χ0) is 14.0. The van der Waals surface area contributed by atoms with Gasteiger partial charge in [-0.2, -0.15) is 13.2 Å². The number of thioether (sulfide) groups is 1. The molecule has 1 fully saturated rings. The Kier molecular flexibility index (Phi) is 4.05. The summed E-state index contributed by atoms with van der Waals surface area (Å²) in [5.74, 6) is -0.264. The van der Waals surface area contributed by atoms with Crippen LogP contribution >= 0.6 is 11.8 Å². The molecule has 19 heavy (non-hydrogen) atoms. The van der Waals surface area contributed by atoms with Gasteiger partial charge in [-0.1, -0.05) is 0 Å².